The number of nitrogens with zero attached hydrogens (tertiary/aromatic N) is 1. The number of sulfonamides is 1. The molecule has 4 rings (SSSR count). The Hall–Kier alpha value is -3.56. The topological polar surface area (TPSA) is 84.9 Å². The molecular weight excluding hydrogens is 484 g/mol. The lowest BCUT2D eigenvalue weighted by Gasteiger charge is -2.20. The van der Waals surface area contributed by atoms with Gasteiger partial charge in [0.1, 0.15) is 0 Å². The molecule has 0 aliphatic carbocycles. The molecule has 1 heterocycles. The quantitative estimate of drug-likeness (QED) is 0.349. The van der Waals surface area contributed by atoms with Gasteiger partial charge in [0.15, 0.2) is 11.5 Å². The number of thiophene rings is 1. The first kappa shape index (κ1) is 24.6. The second-order valence-electron chi connectivity index (χ2n) is 8.09. The Morgan fingerprint density at radius 1 is 0.914 bits per heavy atom. The van der Waals surface area contributed by atoms with Gasteiger partial charge in [-0.3, -0.25) is 9.10 Å². The Labute approximate surface area is 209 Å². The van der Waals surface area contributed by atoms with Crippen LogP contribution < -0.4 is 19.1 Å². The molecule has 0 radical (unpaired) electrons. The summed E-state index contributed by atoms with van der Waals surface area (Å²) in [5.74, 6) is 0.572. The van der Waals surface area contributed by atoms with E-state index in [1.165, 1.54) is 49.0 Å². The Morgan fingerprint density at radius 2 is 1.66 bits per heavy atom. The largest absolute Gasteiger partial charge is 0.493 e. The van der Waals surface area contributed by atoms with Gasteiger partial charge >= 0.3 is 0 Å². The molecule has 35 heavy (non-hydrogen) atoms. The van der Waals surface area contributed by atoms with E-state index in [4.69, 9.17) is 9.47 Å². The number of aryl methyl sites for hydroxylation is 2. The number of amides is 1. The third-order valence-electron chi connectivity index (χ3n) is 5.74. The number of carbonyl (C=O) groups is 1. The van der Waals surface area contributed by atoms with Crippen molar-refractivity contribution in [3.63, 3.8) is 0 Å². The van der Waals surface area contributed by atoms with Gasteiger partial charge in [-0.25, -0.2) is 8.42 Å². The van der Waals surface area contributed by atoms with Crippen molar-refractivity contribution in [1.82, 2.24) is 0 Å². The molecule has 0 spiro atoms. The van der Waals surface area contributed by atoms with Crippen molar-refractivity contribution in [3.05, 3.63) is 76.7 Å². The summed E-state index contributed by atoms with van der Waals surface area (Å²) in [7, 11) is 0.584. The molecule has 182 valence electrons. The van der Waals surface area contributed by atoms with Gasteiger partial charge in [0.05, 0.1) is 29.7 Å². The van der Waals surface area contributed by atoms with Gasteiger partial charge in [0, 0.05) is 23.5 Å². The molecular formula is C26H26N2O5S2. The van der Waals surface area contributed by atoms with Gasteiger partial charge in [0.25, 0.3) is 15.9 Å². The third kappa shape index (κ3) is 4.82. The van der Waals surface area contributed by atoms with E-state index < -0.39 is 10.0 Å². The second-order valence-corrected chi connectivity index (χ2v) is 11.1. The minimum Gasteiger partial charge on any atom is -0.493 e. The lowest BCUT2D eigenvalue weighted by Crippen LogP contribution is -2.26. The maximum atomic E-state index is 13.3. The van der Waals surface area contributed by atoms with E-state index in [1.807, 2.05) is 38.1 Å². The fraction of sp³-hybridized carbons (Fsp3) is 0.192. The van der Waals surface area contributed by atoms with E-state index in [-0.39, 0.29) is 10.8 Å². The molecule has 1 amide bonds. The zero-order valence-electron chi connectivity index (χ0n) is 20.1. The predicted octanol–water partition coefficient (Wildman–Crippen LogP) is 5.61. The van der Waals surface area contributed by atoms with Crippen molar-refractivity contribution in [2.45, 2.75) is 18.7 Å². The Bertz CT molecular complexity index is 1530. The highest BCUT2D eigenvalue weighted by Crippen LogP contribution is 2.34. The molecule has 1 aromatic heterocycles. The van der Waals surface area contributed by atoms with Crippen LogP contribution in [0.3, 0.4) is 0 Å². The Kier molecular flexibility index (Phi) is 6.73. The normalized spacial score (nSPS) is 11.3. The van der Waals surface area contributed by atoms with E-state index in [2.05, 4.69) is 5.32 Å². The molecule has 7 nitrogen and oxygen atoms in total. The second kappa shape index (κ2) is 9.59. The lowest BCUT2D eigenvalue weighted by atomic mass is 10.1. The number of hydrogen-bond acceptors (Lipinski definition) is 6. The highest BCUT2D eigenvalue weighted by atomic mass is 32.2. The van der Waals surface area contributed by atoms with Crippen molar-refractivity contribution >= 4 is 48.7 Å². The van der Waals surface area contributed by atoms with E-state index >= 15 is 0 Å². The number of nitrogens with one attached hydrogen (secondary N) is 1. The first-order chi connectivity index (χ1) is 16.6. The molecule has 9 heteroatoms. The number of ether oxygens (including phenoxy) is 2. The lowest BCUT2D eigenvalue weighted by molar-refractivity contribution is 0.103. The molecule has 0 aliphatic rings. The minimum atomic E-state index is -3.86. The summed E-state index contributed by atoms with van der Waals surface area (Å²) in [6.07, 6.45) is 0. The van der Waals surface area contributed by atoms with Crippen LogP contribution in [-0.4, -0.2) is 35.6 Å². The maximum Gasteiger partial charge on any atom is 0.265 e. The average Bonchev–Trinajstić information content (AvgIpc) is 3.29. The molecule has 0 aliphatic heterocycles. The summed E-state index contributed by atoms with van der Waals surface area (Å²) < 4.78 is 39.1. The SMILES string of the molecule is COc1ccc(S(=O)(=O)N(C)c2ccc3sc(C(=O)Nc4cc(C)ccc4C)cc3c2)cc1OC. The van der Waals surface area contributed by atoms with Crippen LogP contribution >= 0.6 is 11.3 Å². The summed E-state index contributed by atoms with van der Waals surface area (Å²) in [5, 5.41) is 3.76. The summed E-state index contributed by atoms with van der Waals surface area (Å²) in [6.45, 7) is 3.92. The van der Waals surface area contributed by atoms with Crippen molar-refractivity contribution in [2.75, 3.05) is 30.9 Å². The Balaban J connectivity index is 1.62. The average molecular weight is 511 g/mol. The zero-order chi connectivity index (χ0) is 25.3. The third-order valence-corrected chi connectivity index (χ3v) is 8.64. The number of benzene rings is 3. The number of fused-ring (bicyclic) bond motifs is 1. The number of methoxy groups -OCH3 is 2. The van der Waals surface area contributed by atoms with Crippen LogP contribution in [0.4, 0.5) is 11.4 Å². The van der Waals surface area contributed by atoms with Gasteiger partial charge < -0.3 is 14.8 Å². The molecule has 1 N–H and O–H groups in total. The number of hydrogen-bond donors (Lipinski definition) is 1. The summed E-state index contributed by atoms with van der Waals surface area (Å²) in [5.41, 5.74) is 3.29. The molecule has 0 atom stereocenters. The highest BCUT2D eigenvalue weighted by molar-refractivity contribution is 7.92. The van der Waals surface area contributed by atoms with Crippen LogP contribution in [0.2, 0.25) is 0 Å². The fourth-order valence-corrected chi connectivity index (χ4v) is 5.81. The standard InChI is InChI=1S/C26H26N2O5S2/c1-16-6-7-17(2)21(12-16)27-26(29)25-14-18-13-19(8-11-24(18)34-25)28(3)35(30,31)20-9-10-22(32-4)23(15-20)33-5/h6-15H,1-5H3,(H,27,29). The van der Waals surface area contributed by atoms with E-state index in [0.29, 0.717) is 22.1 Å². The highest BCUT2D eigenvalue weighted by Gasteiger charge is 2.24. The van der Waals surface area contributed by atoms with Crippen LogP contribution in [0.1, 0.15) is 20.8 Å². The number of carbonyl (C=O) groups excluding carboxylic acids is 1. The van der Waals surface area contributed by atoms with Crippen LogP contribution in [0.15, 0.2) is 65.6 Å². The number of anilines is 2. The van der Waals surface area contributed by atoms with Gasteiger partial charge in [0.2, 0.25) is 0 Å². The monoisotopic (exact) mass is 510 g/mol. The van der Waals surface area contributed by atoms with Crippen molar-refractivity contribution in [3.8, 4) is 11.5 Å². The summed E-state index contributed by atoms with van der Waals surface area (Å²) >= 11 is 1.36. The van der Waals surface area contributed by atoms with Gasteiger partial charge in [-0.1, -0.05) is 12.1 Å². The molecule has 3 aromatic carbocycles. The van der Waals surface area contributed by atoms with Crippen LogP contribution in [-0.2, 0) is 10.0 Å². The van der Waals surface area contributed by atoms with E-state index in [0.717, 1.165) is 26.9 Å². The molecule has 0 saturated heterocycles. The molecule has 4 aromatic rings. The van der Waals surface area contributed by atoms with Gasteiger partial charge in [-0.15, -0.1) is 11.3 Å². The van der Waals surface area contributed by atoms with Gasteiger partial charge in [-0.05, 0) is 72.8 Å². The molecule has 0 bridgehead atoms. The Morgan fingerprint density at radius 3 is 2.37 bits per heavy atom. The predicted molar refractivity (Wildman–Crippen MR) is 141 cm³/mol. The fourth-order valence-electron chi connectivity index (χ4n) is 3.67. The van der Waals surface area contributed by atoms with Crippen LogP contribution in [0.25, 0.3) is 10.1 Å². The first-order valence-corrected chi connectivity index (χ1v) is 13.0. The van der Waals surface area contributed by atoms with Crippen molar-refractivity contribution in [1.29, 1.82) is 0 Å². The van der Waals surface area contributed by atoms with Crippen LogP contribution in [0.5, 0.6) is 11.5 Å². The zero-order valence-corrected chi connectivity index (χ0v) is 21.7. The smallest absolute Gasteiger partial charge is 0.265 e. The molecule has 0 fully saturated rings. The van der Waals surface area contributed by atoms with E-state index in [1.54, 1.807) is 24.3 Å². The van der Waals surface area contributed by atoms with Crippen LogP contribution in [0, 0.1) is 13.8 Å². The summed E-state index contributed by atoms with van der Waals surface area (Å²) in [4.78, 5) is 13.5. The van der Waals surface area contributed by atoms with Crippen molar-refractivity contribution < 1.29 is 22.7 Å². The van der Waals surface area contributed by atoms with Crippen molar-refractivity contribution in [2.24, 2.45) is 0 Å². The maximum absolute atomic E-state index is 13.3. The molecule has 0 unspecified atom stereocenters. The molecule has 0 saturated carbocycles. The minimum absolute atomic E-state index is 0.0802. The number of rotatable bonds is 7. The van der Waals surface area contributed by atoms with Gasteiger partial charge in [-0.2, -0.15) is 0 Å². The van der Waals surface area contributed by atoms with E-state index in [9.17, 15) is 13.2 Å². The first-order valence-electron chi connectivity index (χ1n) is 10.8. The summed E-state index contributed by atoms with van der Waals surface area (Å²) in [6, 6.07) is 17.5.